The lowest BCUT2D eigenvalue weighted by Crippen LogP contribution is -2.16. The number of hydrogen-bond donors (Lipinski definition) is 2. The second-order valence-corrected chi connectivity index (χ2v) is 5.02. The molecule has 2 aromatic rings. The van der Waals surface area contributed by atoms with Crippen LogP contribution in [-0.2, 0) is 4.79 Å². The van der Waals surface area contributed by atoms with Gasteiger partial charge in [0.2, 0.25) is 5.91 Å². The van der Waals surface area contributed by atoms with Gasteiger partial charge in [-0.05, 0) is 24.1 Å². The number of amides is 1. The number of anilines is 1. The van der Waals surface area contributed by atoms with Gasteiger partial charge in [-0.25, -0.2) is 0 Å². The van der Waals surface area contributed by atoms with Gasteiger partial charge >= 0.3 is 0 Å². The number of carbonyl (C=O) groups is 1. The van der Waals surface area contributed by atoms with Crippen molar-refractivity contribution in [3.05, 3.63) is 60.2 Å². The van der Waals surface area contributed by atoms with Crippen molar-refractivity contribution in [3.8, 4) is 5.75 Å². The fourth-order valence-electron chi connectivity index (χ4n) is 2.08. The third-order valence-electron chi connectivity index (χ3n) is 3.19. The first-order chi connectivity index (χ1) is 10.7. The van der Waals surface area contributed by atoms with Crippen molar-refractivity contribution < 1.29 is 14.6 Å². The summed E-state index contributed by atoms with van der Waals surface area (Å²) in [6.07, 6.45) is 0.0890. The molecular formula is C18H21NO3. The van der Waals surface area contributed by atoms with E-state index in [-0.39, 0.29) is 12.3 Å². The maximum atomic E-state index is 12.1. The van der Waals surface area contributed by atoms with Gasteiger partial charge in [-0.3, -0.25) is 4.79 Å². The maximum Gasteiger partial charge on any atom is 0.227 e. The number of hydrogen-bond acceptors (Lipinski definition) is 3. The minimum atomic E-state index is -0.815. The number of rotatable bonds is 7. The third kappa shape index (κ3) is 4.60. The van der Waals surface area contributed by atoms with Crippen LogP contribution < -0.4 is 10.1 Å². The first-order valence-corrected chi connectivity index (χ1v) is 7.45. The summed E-state index contributed by atoms with van der Waals surface area (Å²) in [6.45, 7) is 2.62. The second-order valence-electron chi connectivity index (χ2n) is 5.02. The van der Waals surface area contributed by atoms with Gasteiger partial charge in [-0.2, -0.15) is 0 Å². The van der Waals surface area contributed by atoms with Gasteiger partial charge in [0.15, 0.2) is 0 Å². The largest absolute Gasteiger partial charge is 0.491 e. The molecule has 1 atom stereocenters. The molecule has 2 aromatic carbocycles. The molecule has 0 fully saturated rings. The summed E-state index contributed by atoms with van der Waals surface area (Å²) >= 11 is 0. The molecule has 0 saturated carbocycles. The van der Waals surface area contributed by atoms with Crippen LogP contribution in [-0.4, -0.2) is 17.6 Å². The van der Waals surface area contributed by atoms with Gasteiger partial charge in [-0.1, -0.05) is 49.4 Å². The Morgan fingerprint density at radius 3 is 2.55 bits per heavy atom. The first kappa shape index (κ1) is 16.0. The lowest BCUT2D eigenvalue weighted by molar-refractivity contribution is -0.118. The van der Waals surface area contributed by atoms with Gasteiger partial charge in [0.1, 0.15) is 5.75 Å². The highest BCUT2D eigenvalue weighted by Crippen LogP contribution is 2.25. The quantitative estimate of drug-likeness (QED) is 0.822. The van der Waals surface area contributed by atoms with Crippen LogP contribution in [0.5, 0.6) is 5.75 Å². The smallest absolute Gasteiger partial charge is 0.227 e. The fraction of sp³-hybridized carbons (Fsp3) is 0.278. The van der Waals surface area contributed by atoms with Gasteiger partial charge in [0.05, 0.1) is 24.8 Å². The second kappa shape index (κ2) is 8.20. The highest BCUT2D eigenvalue weighted by molar-refractivity contribution is 5.92. The Labute approximate surface area is 130 Å². The van der Waals surface area contributed by atoms with Gasteiger partial charge in [0, 0.05) is 0 Å². The molecule has 2 N–H and O–H groups in total. The van der Waals surface area contributed by atoms with E-state index in [0.29, 0.717) is 18.0 Å². The van der Waals surface area contributed by atoms with E-state index in [1.165, 1.54) is 0 Å². The van der Waals surface area contributed by atoms with Crippen LogP contribution in [0, 0.1) is 0 Å². The van der Waals surface area contributed by atoms with Crippen LogP contribution in [0.4, 0.5) is 5.69 Å². The zero-order valence-corrected chi connectivity index (χ0v) is 12.7. The van der Waals surface area contributed by atoms with Gasteiger partial charge in [0.25, 0.3) is 0 Å². The third-order valence-corrected chi connectivity index (χ3v) is 3.19. The summed E-state index contributed by atoms with van der Waals surface area (Å²) < 4.78 is 5.60. The number of ether oxygens (including phenoxy) is 1. The van der Waals surface area contributed by atoms with Crippen LogP contribution in [0.15, 0.2) is 54.6 Å². The molecule has 0 heterocycles. The van der Waals surface area contributed by atoms with Crippen molar-refractivity contribution in [2.75, 3.05) is 11.9 Å². The van der Waals surface area contributed by atoms with Crippen LogP contribution in [0.2, 0.25) is 0 Å². The molecule has 4 heteroatoms. The molecule has 2 rings (SSSR count). The molecule has 0 aliphatic rings. The van der Waals surface area contributed by atoms with Crippen molar-refractivity contribution >= 4 is 11.6 Å². The molecule has 0 radical (unpaired) electrons. The van der Waals surface area contributed by atoms with E-state index in [0.717, 1.165) is 12.0 Å². The van der Waals surface area contributed by atoms with Crippen molar-refractivity contribution in [1.29, 1.82) is 0 Å². The maximum absolute atomic E-state index is 12.1. The topological polar surface area (TPSA) is 58.6 Å². The monoisotopic (exact) mass is 299 g/mol. The fourth-order valence-corrected chi connectivity index (χ4v) is 2.08. The van der Waals surface area contributed by atoms with Crippen LogP contribution in [0.3, 0.4) is 0 Å². The van der Waals surface area contributed by atoms with E-state index in [2.05, 4.69) is 5.32 Å². The molecule has 4 nitrogen and oxygen atoms in total. The Balaban J connectivity index is 1.97. The zero-order valence-electron chi connectivity index (χ0n) is 12.7. The molecule has 0 aliphatic carbocycles. The first-order valence-electron chi connectivity index (χ1n) is 7.45. The van der Waals surface area contributed by atoms with Crippen molar-refractivity contribution in [1.82, 2.24) is 0 Å². The van der Waals surface area contributed by atoms with E-state index in [9.17, 15) is 9.90 Å². The minimum Gasteiger partial charge on any atom is -0.491 e. The van der Waals surface area contributed by atoms with Crippen molar-refractivity contribution in [2.24, 2.45) is 0 Å². The molecule has 1 amide bonds. The number of aliphatic hydroxyl groups is 1. The molecule has 22 heavy (non-hydrogen) atoms. The van der Waals surface area contributed by atoms with Gasteiger partial charge < -0.3 is 15.2 Å². The van der Waals surface area contributed by atoms with Crippen LogP contribution in [0.25, 0.3) is 0 Å². The molecule has 0 saturated heterocycles. The summed E-state index contributed by atoms with van der Waals surface area (Å²) in [7, 11) is 0. The van der Waals surface area contributed by atoms with E-state index in [1.54, 1.807) is 18.2 Å². The lowest BCUT2D eigenvalue weighted by Gasteiger charge is -2.14. The average molecular weight is 299 g/mol. The summed E-state index contributed by atoms with van der Waals surface area (Å²) in [5, 5.41) is 12.9. The Morgan fingerprint density at radius 1 is 1.14 bits per heavy atom. The summed E-state index contributed by atoms with van der Waals surface area (Å²) in [5.74, 6) is 0.399. The molecule has 0 aliphatic heterocycles. The Hall–Kier alpha value is -2.33. The minimum absolute atomic E-state index is 0.00608. The predicted octanol–water partition coefficient (Wildman–Crippen LogP) is 3.54. The van der Waals surface area contributed by atoms with Gasteiger partial charge in [-0.15, -0.1) is 0 Å². The van der Waals surface area contributed by atoms with E-state index < -0.39 is 6.10 Å². The zero-order chi connectivity index (χ0) is 15.8. The molecule has 0 spiro atoms. The van der Waals surface area contributed by atoms with Crippen LogP contribution in [0.1, 0.15) is 31.4 Å². The normalized spacial score (nSPS) is 11.7. The molecule has 0 bridgehead atoms. The summed E-state index contributed by atoms with van der Waals surface area (Å²) in [5.41, 5.74) is 1.36. The highest BCUT2D eigenvalue weighted by Gasteiger charge is 2.14. The molecule has 116 valence electrons. The van der Waals surface area contributed by atoms with E-state index in [4.69, 9.17) is 4.74 Å². The number of aliphatic hydroxyl groups excluding tert-OH is 1. The lowest BCUT2D eigenvalue weighted by atomic mass is 10.1. The van der Waals surface area contributed by atoms with Crippen molar-refractivity contribution in [2.45, 2.75) is 25.9 Å². The number of nitrogens with one attached hydrogen (secondary N) is 1. The highest BCUT2D eigenvalue weighted by atomic mass is 16.5. The SMILES string of the molecule is CCCOc1ccccc1NC(=O)CC(O)c1ccccc1. The number of para-hydroxylation sites is 2. The Kier molecular flexibility index (Phi) is 5.98. The molecular weight excluding hydrogens is 278 g/mol. The number of carbonyl (C=O) groups excluding carboxylic acids is 1. The molecule has 0 aromatic heterocycles. The summed E-state index contributed by atoms with van der Waals surface area (Å²) in [6, 6.07) is 16.5. The predicted molar refractivity (Wildman–Crippen MR) is 86.9 cm³/mol. The Morgan fingerprint density at radius 2 is 1.82 bits per heavy atom. The summed E-state index contributed by atoms with van der Waals surface area (Å²) in [4.78, 5) is 12.1. The van der Waals surface area contributed by atoms with Crippen molar-refractivity contribution in [3.63, 3.8) is 0 Å². The molecule has 1 unspecified atom stereocenters. The average Bonchev–Trinajstić information content (AvgIpc) is 2.54. The van der Waals surface area contributed by atoms with Crippen LogP contribution >= 0.6 is 0 Å². The van der Waals surface area contributed by atoms with E-state index in [1.807, 2.05) is 43.3 Å². The van der Waals surface area contributed by atoms with E-state index >= 15 is 0 Å². The standard InChI is InChI=1S/C18H21NO3/c1-2-12-22-17-11-7-6-10-15(17)19-18(21)13-16(20)14-8-4-3-5-9-14/h3-11,16,20H,2,12-13H2,1H3,(H,19,21). The number of benzene rings is 2. The Bertz CT molecular complexity index is 598.